The summed E-state index contributed by atoms with van der Waals surface area (Å²) in [4.78, 5) is 4.69. The Balaban J connectivity index is 0.00000312. The monoisotopic (exact) mass is 461 g/mol. The first-order chi connectivity index (χ1) is 11.5. The number of benzene rings is 1. The molecule has 1 heterocycles. The van der Waals surface area contributed by atoms with Crippen molar-refractivity contribution in [2.24, 2.45) is 4.99 Å². The molecule has 1 atom stereocenters. The van der Waals surface area contributed by atoms with Crippen LogP contribution in [-0.2, 0) is 11.3 Å². The zero-order valence-electron chi connectivity index (χ0n) is 15.8. The van der Waals surface area contributed by atoms with Crippen molar-refractivity contribution in [1.82, 2.24) is 10.6 Å². The summed E-state index contributed by atoms with van der Waals surface area (Å²) < 4.78 is 11.7. The zero-order valence-corrected chi connectivity index (χ0v) is 18.1. The topological polar surface area (TPSA) is 54.9 Å². The second kappa shape index (κ2) is 10.9. The summed E-state index contributed by atoms with van der Waals surface area (Å²) in [5, 5.41) is 6.66. The molecule has 5 nitrogen and oxygen atoms in total. The van der Waals surface area contributed by atoms with E-state index in [0.717, 1.165) is 49.8 Å². The molecular weight excluding hydrogens is 429 g/mol. The third-order valence-electron chi connectivity index (χ3n) is 3.66. The summed E-state index contributed by atoms with van der Waals surface area (Å²) in [6, 6.07) is 8.08. The third-order valence-corrected chi connectivity index (χ3v) is 3.66. The number of hydrogen-bond acceptors (Lipinski definition) is 3. The van der Waals surface area contributed by atoms with Gasteiger partial charge >= 0.3 is 0 Å². The zero-order chi connectivity index (χ0) is 17.4. The van der Waals surface area contributed by atoms with E-state index in [9.17, 15) is 0 Å². The molecule has 1 fully saturated rings. The fraction of sp³-hybridized carbons (Fsp3) is 0.632. The van der Waals surface area contributed by atoms with Gasteiger partial charge in [-0.15, -0.1) is 24.0 Å². The molecule has 0 saturated carbocycles. The van der Waals surface area contributed by atoms with Crippen LogP contribution in [0.3, 0.4) is 0 Å². The number of para-hydroxylation sites is 1. The van der Waals surface area contributed by atoms with Gasteiger partial charge in [0.15, 0.2) is 5.96 Å². The maximum Gasteiger partial charge on any atom is 0.191 e. The fourth-order valence-corrected chi connectivity index (χ4v) is 2.59. The molecule has 2 rings (SSSR count). The summed E-state index contributed by atoms with van der Waals surface area (Å²) in [7, 11) is 0. The van der Waals surface area contributed by atoms with Gasteiger partial charge in [-0.2, -0.15) is 0 Å². The standard InChI is InChI=1S/C19H31N3O2.HI/c1-5-20-18(22-14-16-10-8-12-23-16)21-13-15-9-6-7-11-17(15)24-19(2,3)4;/h6-7,9,11,16H,5,8,10,12-14H2,1-4H3,(H2,20,21,22);1H. The maximum absolute atomic E-state index is 6.04. The van der Waals surface area contributed by atoms with Crippen molar-refractivity contribution >= 4 is 29.9 Å². The minimum atomic E-state index is -0.220. The lowest BCUT2D eigenvalue weighted by molar-refractivity contribution is 0.113. The highest BCUT2D eigenvalue weighted by molar-refractivity contribution is 14.0. The van der Waals surface area contributed by atoms with Crippen molar-refractivity contribution in [2.75, 3.05) is 19.7 Å². The summed E-state index contributed by atoms with van der Waals surface area (Å²) in [6.07, 6.45) is 2.57. The van der Waals surface area contributed by atoms with Crippen LogP contribution in [0.2, 0.25) is 0 Å². The molecule has 0 aromatic heterocycles. The quantitative estimate of drug-likeness (QED) is 0.385. The number of nitrogens with zero attached hydrogens (tertiary/aromatic N) is 1. The van der Waals surface area contributed by atoms with Crippen molar-refractivity contribution in [3.8, 4) is 5.75 Å². The predicted molar refractivity (Wildman–Crippen MR) is 114 cm³/mol. The number of aliphatic imine (C=N–C) groups is 1. The third kappa shape index (κ3) is 8.27. The van der Waals surface area contributed by atoms with Crippen molar-refractivity contribution < 1.29 is 9.47 Å². The van der Waals surface area contributed by atoms with Gasteiger partial charge in [-0.3, -0.25) is 0 Å². The lowest BCUT2D eigenvalue weighted by atomic mass is 10.1. The Labute approximate surface area is 169 Å². The molecule has 1 aromatic rings. The summed E-state index contributed by atoms with van der Waals surface area (Å²) in [6.45, 7) is 11.3. The van der Waals surface area contributed by atoms with Crippen LogP contribution in [0.15, 0.2) is 29.3 Å². The molecule has 1 saturated heterocycles. The SMILES string of the molecule is CCNC(=NCc1ccccc1OC(C)(C)C)NCC1CCCO1.I. The highest BCUT2D eigenvalue weighted by atomic mass is 127. The van der Waals surface area contributed by atoms with Gasteiger partial charge in [-0.1, -0.05) is 18.2 Å². The van der Waals surface area contributed by atoms with E-state index in [0.29, 0.717) is 12.6 Å². The molecule has 1 aliphatic heterocycles. The molecule has 0 spiro atoms. The number of guanidine groups is 1. The number of hydrogen-bond donors (Lipinski definition) is 2. The van der Waals surface area contributed by atoms with Gasteiger partial charge < -0.3 is 20.1 Å². The molecule has 0 amide bonds. The van der Waals surface area contributed by atoms with Crippen molar-refractivity contribution in [3.05, 3.63) is 29.8 Å². The van der Waals surface area contributed by atoms with E-state index < -0.39 is 0 Å². The summed E-state index contributed by atoms with van der Waals surface area (Å²) in [5.74, 6) is 1.71. The van der Waals surface area contributed by atoms with Crippen LogP contribution in [0.4, 0.5) is 0 Å². The van der Waals surface area contributed by atoms with Crippen LogP contribution >= 0.6 is 24.0 Å². The molecule has 1 aliphatic rings. The fourth-order valence-electron chi connectivity index (χ4n) is 2.59. The second-order valence-corrected chi connectivity index (χ2v) is 7.03. The Morgan fingerprint density at radius 3 is 2.68 bits per heavy atom. The summed E-state index contributed by atoms with van der Waals surface area (Å²) in [5.41, 5.74) is 0.865. The molecule has 2 N–H and O–H groups in total. The highest BCUT2D eigenvalue weighted by Crippen LogP contribution is 2.23. The lowest BCUT2D eigenvalue weighted by Gasteiger charge is -2.23. The largest absolute Gasteiger partial charge is 0.488 e. The first-order valence-electron chi connectivity index (χ1n) is 8.88. The van der Waals surface area contributed by atoms with Gasteiger partial charge in [0.1, 0.15) is 11.4 Å². The van der Waals surface area contributed by atoms with Crippen LogP contribution in [0.25, 0.3) is 0 Å². The van der Waals surface area contributed by atoms with Crippen LogP contribution in [0.1, 0.15) is 46.1 Å². The van der Waals surface area contributed by atoms with Crippen molar-refractivity contribution in [1.29, 1.82) is 0 Å². The summed E-state index contributed by atoms with van der Waals surface area (Å²) >= 11 is 0. The first kappa shape index (κ1) is 22.0. The highest BCUT2D eigenvalue weighted by Gasteiger charge is 2.16. The van der Waals surface area contributed by atoms with Gasteiger partial charge in [0.05, 0.1) is 12.6 Å². The van der Waals surface area contributed by atoms with E-state index in [-0.39, 0.29) is 29.6 Å². The lowest BCUT2D eigenvalue weighted by Crippen LogP contribution is -2.41. The van der Waals surface area contributed by atoms with Crippen LogP contribution in [0, 0.1) is 0 Å². The second-order valence-electron chi connectivity index (χ2n) is 7.03. The van der Waals surface area contributed by atoms with E-state index >= 15 is 0 Å². The Morgan fingerprint density at radius 1 is 1.28 bits per heavy atom. The maximum atomic E-state index is 6.04. The van der Waals surface area contributed by atoms with E-state index in [1.54, 1.807) is 0 Å². The minimum Gasteiger partial charge on any atom is -0.488 e. The Kier molecular flexibility index (Phi) is 9.56. The normalized spacial score (nSPS) is 17.8. The molecule has 0 radical (unpaired) electrons. The minimum absolute atomic E-state index is 0. The number of halogens is 1. The van der Waals surface area contributed by atoms with Crippen molar-refractivity contribution in [3.63, 3.8) is 0 Å². The molecule has 1 unspecified atom stereocenters. The molecular formula is C19H32IN3O2. The Hall–Kier alpha value is -1.02. The molecule has 6 heteroatoms. The molecule has 142 valence electrons. The van der Waals surface area contributed by atoms with Crippen LogP contribution in [0.5, 0.6) is 5.75 Å². The van der Waals surface area contributed by atoms with E-state index in [2.05, 4.69) is 44.4 Å². The van der Waals surface area contributed by atoms with Crippen LogP contribution < -0.4 is 15.4 Å². The van der Waals surface area contributed by atoms with Gasteiger partial charge in [-0.05, 0) is 46.6 Å². The number of nitrogens with one attached hydrogen (secondary N) is 2. The van der Waals surface area contributed by atoms with Gasteiger partial charge in [-0.25, -0.2) is 4.99 Å². The number of rotatable bonds is 6. The van der Waals surface area contributed by atoms with Gasteiger partial charge in [0, 0.05) is 25.3 Å². The average Bonchev–Trinajstić information content (AvgIpc) is 3.03. The number of ether oxygens (including phenoxy) is 2. The molecule has 0 bridgehead atoms. The average molecular weight is 461 g/mol. The first-order valence-corrected chi connectivity index (χ1v) is 8.88. The van der Waals surface area contributed by atoms with Crippen molar-refractivity contribution in [2.45, 2.75) is 58.8 Å². The van der Waals surface area contributed by atoms with Gasteiger partial charge in [0.25, 0.3) is 0 Å². The smallest absolute Gasteiger partial charge is 0.191 e. The van der Waals surface area contributed by atoms with E-state index in [1.165, 1.54) is 0 Å². The predicted octanol–water partition coefficient (Wildman–Crippen LogP) is 3.72. The van der Waals surface area contributed by atoms with E-state index in [4.69, 9.17) is 14.5 Å². The Morgan fingerprint density at radius 2 is 2.04 bits per heavy atom. The molecule has 1 aromatic carbocycles. The van der Waals surface area contributed by atoms with Gasteiger partial charge in [0.2, 0.25) is 0 Å². The Bertz CT molecular complexity index is 538. The van der Waals surface area contributed by atoms with Crippen LogP contribution in [-0.4, -0.2) is 37.4 Å². The molecule has 25 heavy (non-hydrogen) atoms. The molecule has 0 aliphatic carbocycles. The van der Waals surface area contributed by atoms with E-state index in [1.807, 2.05) is 18.2 Å².